The monoisotopic (exact) mass is 233 g/mol. The Kier molecular flexibility index (Phi) is 3.43. The maximum atomic E-state index is 12.1. The summed E-state index contributed by atoms with van der Waals surface area (Å²) in [5.41, 5.74) is 7.73. The molecule has 1 aliphatic carbocycles. The second kappa shape index (κ2) is 4.84. The molecule has 0 bridgehead atoms. The number of nitrogens with zero attached hydrogens (tertiary/aromatic N) is 2. The largest absolute Gasteiger partial charge is 0.324 e. The van der Waals surface area contributed by atoms with E-state index in [4.69, 9.17) is 5.73 Å². The fourth-order valence-electron chi connectivity index (χ4n) is 2.29. The highest BCUT2D eigenvalue weighted by atomic mass is 16.1. The molecule has 1 heterocycles. The van der Waals surface area contributed by atoms with Gasteiger partial charge in [-0.2, -0.15) is 5.10 Å². The number of carbonyl (C=O) groups is 1. The van der Waals surface area contributed by atoms with Crippen LogP contribution in [-0.4, -0.2) is 21.6 Å². The van der Waals surface area contributed by atoms with Crippen molar-refractivity contribution in [2.45, 2.75) is 39.3 Å². The van der Waals surface area contributed by atoms with E-state index in [0.29, 0.717) is 6.42 Å². The number of aryl methyl sites for hydroxylation is 2. The third-order valence-corrected chi connectivity index (χ3v) is 3.17. The van der Waals surface area contributed by atoms with Gasteiger partial charge in [0.05, 0.1) is 5.69 Å². The Morgan fingerprint density at radius 2 is 2.35 bits per heavy atom. The van der Waals surface area contributed by atoms with Crippen LogP contribution in [0.25, 0.3) is 0 Å². The minimum absolute atomic E-state index is 0.00878. The SMILES string of the molecule is CCn1nc(C)cc1CC(=O)C1C=CC(N)C1. The maximum absolute atomic E-state index is 12.1. The minimum Gasteiger partial charge on any atom is -0.324 e. The highest BCUT2D eigenvalue weighted by molar-refractivity contribution is 5.85. The lowest BCUT2D eigenvalue weighted by Crippen LogP contribution is -2.21. The Balaban J connectivity index is 2.05. The molecular formula is C13H19N3O. The van der Waals surface area contributed by atoms with E-state index in [9.17, 15) is 4.79 Å². The predicted molar refractivity (Wildman–Crippen MR) is 66.6 cm³/mol. The molecule has 2 unspecified atom stereocenters. The lowest BCUT2D eigenvalue weighted by molar-refractivity contribution is -0.121. The number of nitrogens with two attached hydrogens (primary N) is 1. The number of rotatable bonds is 4. The normalized spacial score (nSPS) is 23.2. The van der Waals surface area contributed by atoms with E-state index in [0.717, 1.165) is 24.4 Å². The summed E-state index contributed by atoms with van der Waals surface area (Å²) in [5, 5.41) is 4.35. The summed E-state index contributed by atoms with van der Waals surface area (Å²) in [6.07, 6.45) is 5.06. The van der Waals surface area contributed by atoms with Crippen LogP contribution in [0.15, 0.2) is 18.2 Å². The first kappa shape index (κ1) is 12.0. The number of allylic oxidation sites excluding steroid dienone is 1. The summed E-state index contributed by atoms with van der Waals surface area (Å²) < 4.78 is 1.89. The van der Waals surface area contributed by atoms with Crippen LogP contribution >= 0.6 is 0 Å². The van der Waals surface area contributed by atoms with Crippen molar-refractivity contribution in [1.29, 1.82) is 0 Å². The van der Waals surface area contributed by atoms with E-state index in [1.165, 1.54) is 0 Å². The number of aromatic nitrogens is 2. The summed E-state index contributed by atoms with van der Waals surface area (Å²) in [7, 11) is 0. The quantitative estimate of drug-likeness (QED) is 0.796. The fraction of sp³-hybridized carbons (Fsp3) is 0.538. The highest BCUT2D eigenvalue weighted by Gasteiger charge is 2.23. The number of Topliss-reactive ketones (excluding diaryl/α,β-unsaturated/α-hetero) is 1. The Morgan fingerprint density at radius 1 is 1.59 bits per heavy atom. The van der Waals surface area contributed by atoms with Crippen LogP contribution in [0.2, 0.25) is 0 Å². The van der Waals surface area contributed by atoms with Gasteiger partial charge in [-0.25, -0.2) is 0 Å². The molecule has 2 N–H and O–H groups in total. The van der Waals surface area contributed by atoms with Gasteiger partial charge in [0, 0.05) is 30.6 Å². The Hall–Kier alpha value is -1.42. The van der Waals surface area contributed by atoms with E-state index < -0.39 is 0 Å². The second-order valence-electron chi connectivity index (χ2n) is 4.63. The van der Waals surface area contributed by atoms with Crippen molar-refractivity contribution in [3.63, 3.8) is 0 Å². The zero-order valence-corrected chi connectivity index (χ0v) is 10.4. The molecule has 0 amide bonds. The second-order valence-corrected chi connectivity index (χ2v) is 4.63. The zero-order chi connectivity index (χ0) is 12.4. The van der Waals surface area contributed by atoms with E-state index in [-0.39, 0.29) is 17.7 Å². The highest BCUT2D eigenvalue weighted by Crippen LogP contribution is 2.19. The van der Waals surface area contributed by atoms with Gasteiger partial charge >= 0.3 is 0 Å². The van der Waals surface area contributed by atoms with Crippen LogP contribution in [0.3, 0.4) is 0 Å². The average molecular weight is 233 g/mol. The van der Waals surface area contributed by atoms with Gasteiger partial charge in [-0.1, -0.05) is 12.2 Å². The van der Waals surface area contributed by atoms with E-state index in [2.05, 4.69) is 5.10 Å². The van der Waals surface area contributed by atoms with E-state index in [1.807, 2.05) is 36.7 Å². The van der Waals surface area contributed by atoms with Crippen LogP contribution < -0.4 is 5.73 Å². The van der Waals surface area contributed by atoms with Crippen molar-refractivity contribution in [2.24, 2.45) is 11.7 Å². The Labute approximate surface area is 101 Å². The first-order valence-electron chi connectivity index (χ1n) is 6.10. The Morgan fingerprint density at radius 3 is 2.94 bits per heavy atom. The van der Waals surface area contributed by atoms with Gasteiger partial charge < -0.3 is 5.73 Å². The number of hydrogen-bond acceptors (Lipinski definition) is 3. The van der Waals surface area contributed by atoms with E-state index >= 15 is 0 Å². The van der Waals surface area contributed by atoms with Crippen molar-refractivity contribution in [3.05, 3.63) is 29.6 Å². The van der Waals surface area contributed by atoms with Gasteiger partial charge in [0.1, 0.15) is 5.78 Å². The molecular weight excluding hydrogens is 214 g/mol. The summed E-state index contributed by atoms with van der Waals surface area (Å²) in [6.45, 7) is 4.79. The van der Waals surface area contributed by atoms with Gasteiger partial charge in [-0.05, 0) is 26.3 Å². The van der Waals surface area contributed by atoms with Crippen molar-refractivity contribution in [2.75, 3.05) is 0 Å². The summed E-state index contributed by atoms with van der Waals surface area (Å²) in [5.74, 6) is 0.231. The number of ketones is 1. The summed E-state index contributed by atoms with van der Waals surface area (Å²) >= 11 is 0. The summed E-state index contributed by atoms with van der Waals surface area (Å²) in [4.78, 5) is 12.1. The standard InChI is InChI=1S/C13H19N3O/c1-3-16-12(6-9(2)15-16)8-13(17)10-4-5-11(14)7-10/h4-6,10-11H,3,7-8,14H2,1-2H3. The first-order valence-corrected chi connectivity index (χ1v) is 6.10. The molecule has 0 saturated heterocycles. The molecule has 0 radical (unpaired) electrons. The lowest BCUT2D eigenvalue weighted by atomic mass is 9.99. The van der Waals surface area contributed by atoms with Crippen molar-refractivity contribution in [1.82, 2.24) is 9.78 Å². The molecule has 92 valence electrons. The molecule has 2 rings (SSSR count). The van der Waals surface area contributed by atoms with Gasteiger partial charge in [-0.15, -0.1) is 0 Å². The third kappa shape index (κ3) is 2.64. The maximum Gasteiger partial charge on any atom is 0.145 e. The molecule has 17 heavy (non-hydrogen) atoms. The van der Waals surface area contributed by atoms with Crippen LogP contribution in [0.1, 0.15) is 24.7 Å². The lowest BCUT2D eigenvalue weighted by Gasteiger charge is -2.09. The van der Waals surface area contributed by atoms with Crippen molar-refractivity contribution < 1.29 is 4.79 Å². The number of hydrogen-bond donors (Lipinski definition) is 1. The van der Waals surface area contributed by atoms with Crippen LogP contribution in [-0.2, 0) is 17.8 Å². The van der Waals surface area contributed by atoms with Crippen LogP contribution in [0, 0.1) is 12.8 Å². The first-order chi connectivity index (χ1) is 8.10. The molecule has 4 nitrogen and oxygen atoms in total. The van der Waals surface area contributed by atoms with Gasteiger partial charge in [0.15, 0.2) is 0 Å². The molecule has 0 spiro atoms. The van der Waals surface area contributed by atoms with Crippen LogP contribution in [0.5, 0.6) is 0 Å². The third-order valence-electron chi connectivity index (χ3n) is 3.17. The smallest absolute Gasteiger partial charge is 0.145 e. The van der Waals surface area contributed by atoms with E-state index in [1.54, 1.807) is 0 Å². The fourth-order valence-corrected chi connectivity index (χ4v) is 2.29. The topological polar surface area (TPSA) is 60.9 Å². The van der Waals surface area contributed by atoms with Crippen molar-refractivity contribution in [3.8, 4) is 0 Å². The number of carbonyl (C=O) groups excluding carboxylic acids is 1. The molecule has 1 aromatic rings. The van der Waals surface area contributed by atoms with Crippen LogP contribution in [0.4, 0.5) is 0 Å². The molecule has 4 heteroatoms. The molecule has 0 fully saturated rings. The van der Waals surface area contributed by atoms with Gasteiger partial charge in [-0.3, -0.25) is 9.48 Å². The average Bonchev–Trinajstić information content (AvgIpc) is 2.85. The minimum atomic E-state index is -0.00878. The van der Waals surface area contributed by atoms with Gasteiger partial charge in [0.25, 0.3) is 0 Å². The zero-order valence-electron chi connectivity index (χ0n) is 10.4. The Bertz CT molecular complexity index is 448. The van der Waals surface area contributed by atoms with Crippen molar-refractivity contribution >= 4 is 5.78 Å². The molecule has 1 aromatic heterocycles. The molecule has 0 saturated carbocycles. The predicted octanol–water partition coefficient (Wildman–Crippen LogP) is 1.23. The molecule has 0 aromatic carbocycles. The van der Waals surface area contributed by atoms with Gasteiger partial charge in [0.2, 0.25) is 0 Å². The molecule has 0 aliphatic heterocycles. The summed E-state index contributed by atoms with van der Waals surface area (Å²) in [6, 6.07) is 2.03. The molecule has 1 aliphatic rings. The molecule has 2 atom stereocenters.